The van der Waals surface area contributed by atoms with Gasteiger partial charge in [-0.1, -0.05) is 0 Å². The van der Waals surface area contributed by atoms with Crippen LogP contribution in [0.1, 0.15) is 31.1 Å². The van der Waals surface area contributed by atoms with Gasteiger partial charge >= 0.3 is 39.1 Å². The first kappa shape index (κ1) is 74.6. The largest absolute Gasteiger partial charge is 0.742 e. The fourth-order valence-electron chi connectivity index (χ4n) is 13.4. The standard InChI is InChI=1S/C50H58N25O30P5/c51-36-21-41(61-6-56-36)71(11-66-21)46-26(76)31-16(95-46)1-90-106(81,82)101-32-17(96-47(27(32)77)72-12-67-22-37(52)57-7-62-42(22)72)2-92-108(85,86)103-34-19(98-49(29(34)79)74-14-69-24-39(54)59-9-64-44(24)74)4-94-110(89)104-105(110)35-20(99-50(30(35)80)75-15-70-25-40(55)60-10-65-45(25)75)5-93-109(87,88)102-33-18(3-91-107(83,84)100-31)97-48(28(33)78)73-13-68-23-38(53)58-8-63-43(23)73/h6-20,26-35,46-50,76-80H,1-5H2,(H13-,51,52,53,54,55,56,57,58,59,60,61,62,63,64,65,81,82,83,84,85,86,87,88)/p+1/t16-,17-,18-,19-,20-,26-,27-,28-,29-,30-,31-,32-,33-,34-,35-,46-,47-,48-,49-,50-,110+/m1/s1. The van der Waals surface area contributed by atoms with Crippen LogP contribution in [0.25, 0.3) is 55.8 Å². The van der Waals surface area contributed by atoms with Crippen LogP contribution in [0.15, 0.2) is 63.3 Å². The van der Waals surface area contributed by atoms with Gasteiger partial charge in [0.2, 0.25) is 0 Å². The normalized spacial score (nSPS) is 38.7. The Morgan fingerprint density at radius 1 is 0.327 bits per heavy atom. The molecule has 7 saturated heterocycles. The number of imidazole rings is 5. The van der Waals surface area contributed by atoms with Crippen molar-refractivity contribution < 1.29 is 141 Å². The molecule has 17 rings (SSSR count). The topological polar surface area (TPSA) is 760 Å². The lowest BCUT2D eigenvalue weighted by Crippen LogP contribution is -2.39. The first-order valence-corrected chi connectivity index (χ1v) is 39.5. The van der Waals surface area contributed by atoms with Gasteiger partial charge in [0.1, 0.15) is 132 Å². The number of anilines is 5. The monoisotopic (exact) mass is 1640 g/mol. The Morgan fingerprint density at radius 3 is 0.818 bits per heavy atom. The summed E-state index contributed by atoms with van der Waals surface area (Å²) in [5.41, 5.74) is 29.8. The van der Waals surface area contributed by atoms with Gasteiger partial charge in [-0.3, -0.25) is 59.0 Å². The first-order chi connectivity index (χ1) is 52.4. The number of fused-ring (bicyclic) bond motifs is 12. The van der Waals surface area contributed by atoms with Crippen LogP contribution in [-0.4, -0.2) is 267 Å². The highest BCUT2D eigenvalue weighted by Crippen LogP contribution is 2.76. The minimum absolute atomic E-state index is 0.00259. The minimum Gasteiger partial charge on any atom is -0.386 e. The zero-order valence-electron chi connectivity index (χ0n) is 55.0. The molecular weight excluding hydrogens is 1590 g/mol. The molecule has 110 heavy (non-hydrogen) atoms. The van der Waals surface area contributed by atoms with Gasteiger partial charge in [-0.2, -0.15) is 4.57 Å². The number of aliphatic hydroxyl groups is 5. The molecular formula is C50H59N25O30P5+. The second-order valence-electron chi connectivity index (χ2n) is 25.1. The van der Waals surface area contributed by atoms with Crippen LogP contribution in [0.4, 0.5) is 29.1 Å². The van der Waals surface area contributed by atoms with E-state index >= 15 is 0 Å². The van der Waals surface area contributed by atoms with Crippen LogP contribution in [0.5, 0.6) is 0 Å². The highest BCUT2D eigenvalue weighted by Gasteiger charge is 2.78. The van der Waals surface area contributed by atoms with E-state index in [4.69, 9.17) is 97.7 Å². The highest BCUT2D eigenvalue weighted by atomic mass is 31.2. The maximum Gasteiger partial charge on any atom is 0.742 e. The number of hydrogen-bond donors (Lipinski definition) is 14. The molecule has 10 aromatic heterocycles. The summed E-state index contributed by atoms with van der Waals surface area (Å²) in [5.74, 6) is -0.708. The van der Waals surface area contributed by atoms with Crippen LogP contribution in [0, 0.1) is 0 Å². The number of nitrogen functional groups attached to an aromatic ring is 5. The maximum atomic E-state index is 14.9. The lowest BCUT2D eigenvalue weighted by atomic mass is 10.1. The fourth-order valence-corrected chi connectivity index (χ4v) is 18.7. The number of aliphatic hydroxyl groups excluding tert-OH is 5. The molecule has 0 aliphatic carbocycles. The predicted molar refractivity (Wildman–Crippen MR) is 350 cm³/mol. The van der Waals surface area contributed by atoms with Gasteiger partial charge in [-0.15, -0.1) is 4.30 Å². The third-order valence-electron chi connectivity index (χ3n) is 18.5. The summed E-state index contributed by atoms with van der Waals surface area (Å²) in [6.07, 6.45) is -29.0. The average Bonchev–Trinajstić information content (AvgIpc) is 1.56. The molecule has 0 bridgehead atoms. The Morgan fingerprint density at radius 2 is 0.555 bits per heavy atom. The number of phosphoric ester groups is 4. The molecule has 7 aliphatic heterocycles. The van der Waals surface area contributed by atoms with E-state index in [9.17, 15) is 67.9 Å². The number of phosphoric acid groups is 4. The van der Waals surface area contributed by atoms with Crippen molar-refractivity contribution in [2.24, 2.45) is 0 Å². The zero-order chi connectivity index (χ0) is 77.0. The highest BCUT2D eigenvalue weighted by molar-refractivity contribution is 7.53. The summed E-state index contributed by atoms with van der Waals surface area (Å²) in [7, 11) is -28.1. The van der Waals surface area contributed by atoms with Gasteiger partial charge in [0.15, 0.2) is 101 Å². The van der Waals surface area contributed by atoms with Crippen molar-refractivity contribution in [1.29, 1.82) is 0 Å². The Balaban J connectivity index is 0.728. The zero-order valence-corrected chi connectivity index (χ0v) is 59.5. The maximum absolute atomic E-state index is 14.9. The molecule has 0 radical (unpaired) electrons. The Hall–Kier alpha value is -8.10. The number of rotatable bonds is 5. The average molecular weight is 1650 g/mol. The SMILES string of the molecule is Nc1ncnc2c1ncn2[C@@H]1O[C@@H]2COP(=O)(O)O[C@H]3[C@@H](O)[C@H](n4cnc5c(N)ncnc54)O[C@@H]3COP(=O)(O)O[C@H]3[C@@H](O)[C@H](n4cnc5c(N)ncnc54)O[C@@H]3CO[P@@]3(=O)O[O+]3[C@H]3[C@@H](O)[C@H](n4cnc5c(N)ncnc54)O[C@@H]3COP(=O)(O)O[C@H]3[C@@H](O)[C@H](n4cnc5c(N)ncnc54)O[C@@H]3COP(=O)(O)O[C@H]2[C@H]1O. The van der Waals surface area contributed by atoms with Crippen LogP contribution in [-0.2, 0) is 96.2 Å². The molecule has 19 N–H and O–H groups in total. The van der Waals surface area contributed by atoms with Crippen LogP contribution in [0.3, 0.4) is 0 Å². The van der Waals surface area contributed by atoms with Crippen molar-refractivity contribution in [3.8, 4) is 0 Å². The lowest BCUT2D eigenvalue weighted by Gasteiger charge is -2.27. The summed E-state index contributed by atoms with van der Waals surface area (Å²) in [4.78, 5) is 108. The third-order valence-corrected chi connectivity index (χ3v) is 23.9. The number of ether oxygens (including phenoxy) is 5. The molecule has 7 aliphatic rings. The lowest BCUT2D eigenvalue weighted by molar-refractivity contribution is -0.225. The van der Waals surface area contributed by atoms with Crippen molar-refractivity contribution in [1.82, 2.24) is 97.6 Å². The molecule has 588 valence electrons. The Kier molecular flexibility index (Phi) is 18.9. The van der Waals surface area contributed by atoms with Gasteiger partial charge in [-0.05, 0) is 0 Å². The summed E-state index contributed by atoms with van der Waals surface area (Å²) < 4.78 is 167. The van der Waals surface area contributed by atoms with Gasteiger partial charge in [-0.25, -0.2) is 97.5 Å². The summed E-state index contributed by atoms with van der Waals surface area (Å²) >= 11 is 0. The van der Waals surface area contributed by atoms with E-state index in [1.165, 1.54) is 0 Å². The van der Waals surface area contributed by atoms with Gasteiger partial charge in [0.25, 0.3) is 6.10 Å². The van der Waals surface area contributed by atoms with Crippen molar-refractivity contribution in [2.75, 3.05) is 61.7 Å². The predicted octanol–water partition coefficient (Wildman–Crippen LogP) is -3.60. The summed E-state index contributed by atoms with van der Waals surface area (Å²) in [6, 6.07) is 0. The molecule has 0 saturated carbocycles. The van der Waals surface area contributed by atoms with Crippen molar-refractivity contribution >= 4 is 124 Å². The summed E-state index contributed by atoms with van der Waals surface area (Å²) in [5, 5.41) is 60.9. The molecule has 0 spiro atoms. The molecule has 25 atom stereocenters. The number of aromatic nitrogens is 20. The van der Waals surface area contributed by atoms with Gasteiger partial charge < -0.3 is 97.5 Å². The van der Waals surface area contributed by atoms with Gasteiger partial charge in [0.05, 0.1) is 69.3 Å². The van der Waals surface area contributed by atoms with E-state index in [-0.39, 0.29) is 84.9 Å². The van der Waals surface area contributed by atoms with E-state index in [0.717, 1.165) is 86.1 Å². The molecule has 55 nitrogen and oxygen atoms in total. The third kappa shape index (κ3) is 13.4. The first-order valence-electron chi connectivity index (χ1n) is 32.1. The fraction of sp³-hybridized carbons (Fsp3) is 0.500. The Bertz CT molecular complexity index is 5340. The number of hydrogen-bond acceptors (Lipinski definition) is 45. The molecule has 17 heterocycles. The van der Waals surface area contributed by atoms with Gasteiger partial charge in [0, 0.05) is 0 Å². The van der Waals surface area contributed by atoms with E-state index < -0.39 is 195 Å². The van der Waals surface area contributed by atoms with Crippen LogP contribution in [0.2, 0.25) is 0 Å². The number of nitrogens with zero attached hydrogens (tertiary/aromatic N) is 20. The second-order valence-corrected chi connectivity index (χ2v) is 32.4. The smallest absolute Gasteiger partial charge is 0.386 e. The van der Waals surface area contributed by atoms with Crippen LogP contribution >= 0.6 is 39.1 Å². The molecule has 60 heteroatoms. The summed E-state index contributed by atoms with van der Waals surface area (Å²) in [6.45, 7) is -6.02. The molecule has 0 amide bonds. The van der Waals surface area contributed by atoms with Crippen molar-refractivity contribution in [3.05, 3.63) is 63.3 Å². The molecule has 10 aromatic rings. The van der Waals surface area contributed by atoms with E-state index in [1.54, 1.807) is 4.30 Å². The second kappa shape index (κ2) is 27.9. The van der Waals surface area contributed by atoms with E-state index in [2.05, 4.69) is 74.8 Å². The van der Waals surface area contributed by atoms with Crippen molar-refractivity contribution in [3.63, 3.8) is 0 Å². The molecule has 4 unspecified atom stereocenters. The Labute approximate surface area is 608 Å². The molecule has 0 aromatic carbocycles. The van der Waals surface area contributed by atoms with E-state index in [1.807, 2.05) is 0 Å². The molecule has 7 fully saturated rings. The minimum atomic E-state index is -5.82. The number of nitrogens with two attached hydrogens (primary N) is 5. The van der Waals surface area contributed by atoms with Crippen molar-refractivity contribution in [2.45, 2.75) is 123 Å². The van der Waals surface area contributed by atoms with Crippen LogP contribution < -0.4 is 28.7 Å². The quantitative estimate of drug-likeness (QED) is 0.0343. The van der Waals surface area contributed by atoms with E-state index in [0.29, 0.717) is 0 Å².